The Morgan fingerprint density at radius 3 is 2.09 bits per heavy atom. The zero-order valence-electron chi connectivity index (χ0n) is 20.4. The number of Topliss-reactive ketones (excluding diaryl/α,β-unsaturated/α-hetero) is 2. The van der Waals surface area contributed by atoms with E-state index < -0.39 is 18.4 Å². The largest absolute Gasteiger partial charge is 0.480 e. The normalized spacial score (nSPS) is 10.4. The predicted molar refractivity (Wildman–Crippen MR) is 125 cm³/mol. The Labute approximate surface area is 191 Å². The number of nitrogens with one attached hydrogen (secondary N) is 1. The summed E-state index contributed by atoms with van der Waals surface area (Å²) in [5.74, 6) is -1.93. The Morgan fingerprint density at radius 1 is 0.969 bits per heavy atom. The molecule has 0 unspecified atom stereocenters. The van der Waals surface area contributed by atoms with E-state index in [0.29, 0.717) is 37.4 Å². The van der Waals surface area contributed by atoms with Crippen molar-refractivity contribution < 1.29 is 29.0 Å². The van der Waals surface area contributed by atoms with Crippen LogP contribution in [0.4, 0.5) is 5.69 Å². The van der Waals surface area contributed by atoms with Gasteiger partial charge < -0.3 is 20.1 Å². The number of nitrogens with zero attached hydrogens (tertiary/aromatic N) is 1. The van der Waals surface area contributed by atoms with Gasteiger partial charge in [-0.15, -0.1) is 0 Å². The molecule has 0 heterocycles. The minimum absolute atomic E-state index is 0.0109. The van der Waals surface area contributed by atoms with Crippen molar-refractivity contribution in [2.45, 2.75) is 48.0 Å². The van der Waals surface area contributed by atoms with Crippen LogP contribution in [0, 0.1) is 11.8 Å². The van der Waals surface area contributed by atoms with E-state index in [4.69, 9.17) is 9.84 Å². The van der Waals surface area contributed by atoms with E-state index >= 15 is 0 Å². The molecule has 180 valence electrons. The number of hydrogen-bond donors (Lipinski definition) is 2. The summed E-state index contributed by atoms with van der Waals surface area (Å²) in [5.41, 5.74) is 1.25. The lowest BCUT2D eigenvalue weighted by atomic mass is 9.98. The van der Waals surface area contributed by atoms with Crippen molar-refractivity contribution in [3.8, 4) is 0 Å². The molecule has 0 spiro atoms. The van der Waals surface area contributed by atoms with Crippen molar-refractivity contribution >= 4 is 29.1 Å². The number of amides is 1. The van der Waals surface area contributed by atoms with Crippen LogP contribution in [0.2, 0.25) is 0 Å². The second-order valence-corrected chi connectivity index (χ2v) is 7.77. The topological polar surface area (TPSA) is 113 Å². The zero-order valence-corrected chi connectivity index (χ0v) is 20.4. The summed E-state index contributed by atoms with van der Waals surface area (Å²) in [4.78, 5) is 49.0. The van der Waals surface area contributed by atoms with E-state index in [2.05, 4.69) is 5.32 Å². The monoisotopic (exact) mass is 450 g/mol. The number of carboxylic acids is 1. The second kappa shape index (κ2) is 15.1. The number of carbonyl (C=O) groups excluding carboxylic acids is 3. The molecule has 1 aromatic carbocycles. The molecule has 0 aliphatic carbocycles. The molecular weight excluding hydrogens is 412 g/mol. The maximum atomic E-state index is 12.5. The van der Waals surface area contributed by atoms with Gasteiger partial charge in [-0.25, -0.2) is 0 Å². The molecule has 1 aromatic rings. The van der Waals surface area contributed by atoms with E-state index in [1.54, 1.807) is 33.0 Å². The van der Waals surface area contributed by atoms with Gasteiger partial charge in [-0.1, -0.05) is 41.5 Å². The van der Waals surface area contributed by atoms with Gasteiger partial charge in [-0.2, -0.15) is 0 Å². The summed E-state index contributed by atoms with van der Waals surface area (Å²) in [7, 11) is 1.81. The van der Waals surface area contributed by atoms with Crippen molar-refractivity contribution in [3.05, 3.63) is 29.3 Å². The Morgan fingerprint density at radius 2 is 1.56 bits per heavy atom. The number of benzene rings is 1. The third-order valence-corrected chi connectivity index (χ3v) is 4.54. The molecule has 0 aromatic heterocycles. The number of ether oxygens (including phenoxy) is 1. The average Bonchev–Trinajstić information content (AvgIpc) is 2.77. The molecule has 2 N–H and O–H groups in total. The van der Waals surface area contributed by atoms with Gasteiger partial charge in [0.05, 0.1) is 13.2 Å². The summed E-state index contributed by atoms with van der Waals surface area (Å²) in [5, 5.41) is 11.1. The first-order valence-corrected chi connectivity index (χ1v) is 11.0. The van der Waals surface area contributed by atoms with Crippen molar-refractivity contribution in [1.29, 1.82) is 0 Å². The number of rotatable bonds is 13. The summed E-state index contributed by atoms with van der Waals surface area (Å²) in [6.07, 6.45) is 0.369. The van der Waals surface area contributed by atoms with Crippen LogP contribution in [0.5, 0.6) is 0 Å². The molecule has 0 saturated carbocycles. The van der Waals surface area contributed by atoms with Crippen molar-refractivity contribution in [2.24, 2.45) is 11.8 Å². The van der Waals surface area contributed by atoms with Crippen LogP contribution in [0.3, 0.4) is 0 Å². The Bertz CT molecular complexity index is 774. The smallest absolute Gasteiger partial charge is 0.322 e. The fourth-order valence-electron chi connectivity index (χ4n) is 2.59. The number of aliphatic carboxylic acids is 1. The molecule has 0 aliphatic heterocycles. The fourth-order valence-corrected chi connectivity index (χ4v) is 2.59. The van der Waals surface area contributed by atoms with E-state index in [9.17, 15) is 19.2 Å². The first-order chi connectivity index (χ1) is 15.0. The maximum Gasteiger partial charge on any atom is 0.322 e. The number of anilines is 1. The number of carbonyl (C=O) groups is 4. The molecule has 32 heavy (non-hydrogen) atoms. The number of carboxylic acid groups (broad SMARTS) is 1. The van der Waals surface area contributed by atoms with E-state index in [0.717, 1.165) is 0 Å². The lowest BCUT2D eigenvalue weighted by Crippen LogP contribution is -2.30. The first-order valence-electron chi connectivity index (χ1n) is 11.0. The fraction of sp³-hybridized carbons (Fsp3) is 0.583. The van der Waals surface area contributed by atoms with Gasteiger partial charge in [0.15, 0.2) is 5.78 Å². The molecule has 0 saturated heterocycles. The highest BCUT2D eigenvalue weighted by Gasteiger charge is 2.17. The van der Waals surface area contributed by atoms with Crippen molar-refractivity contribution in [1.82, 2.24) is 5.32 Å². The van der Waals surface area contributed by atoms with E-state index in [-0.39, 0.29) is 29.0 Å². The van der Waals surface area contributed by atoms with Crippen LogP contribution in [0.15, 0.2) is 18.2 Å². The molecular formula is C24H38N2O6. The van der Waals surface area contributed by atoms with E-state index in [1.807, 2.05) is 32.6 Å². The standard InChI is InChI=1S/C22H32N2O6.C2H6/c1-14(2)19(25)6-8-30-9-7-24(5)18-11-16(21(28)15(3)4)10-17(12-18)22(29)23-13-20(26)27;1-2/h10-12,14-15H,6-9,13H2,1-5H3,(H,23,29)(H,26,27);1-2H3. The third kappa shape index (κ3) is 10.5. The molecule has 0 aliphatic rings. The van der Waals surface area contributed by atoms with Gasteiger partial charge in [0, 0.05) is 48.7 Å². The van der Waals surface area contributed by atoms with Gasteiger partial charge in [0.2, 0.25) is 0 Å². The molecule has 0 radical (unpaired) electrons. The van der Waals surface area contributed by atoms with Gasteiger partial charge in [-0.05, 0) is 18.2 Å². The molecule has 1 amide bonds. The van der Waals surface area contributed by atoms with Crippen LogP contribution in [-0.4, -0.2) is 61.9 Å². The van der Waals surface area contributed by atoms with Crippen LogP contribution in [0.1, 0.15) is 68.7 Å². The lowest BCUT2D eigenvalue weighted by Gasteiger charge is -2.21. The molecule has 8 nitrogen and oxygen atoms in total. The summed E-state index contributed by atoms with van der Waals surface area (Å²) < 4.78 is 5.53. The molecule has 0 bridgehead atoms. The molecule has 8 heteroatoms. The van der Waals surface area contributed by atoms with Crippen LogP contribution >= 0.6 is 0 Å². The summed E-state index contributed by atoms with van der Waals surface area (Å²) in [6, 6.07) is 4.79. The van der Waals surface area contributed by atoms with Crippen molar-refractivity contribution in [3.63, 3.8) is 0 Å². The van der Waals surface area contributed by atoms with Gasteiger partial charge >= 0.3 is 5.97 Å². The SMILES string of the molecule is CC.CC(C)C(=O)CCOCCN(C)c1cc(C(=O)NCC(=O)O)cc(C(=O)C(C)C)c1. The van der Waals surface area contributed by atoms with Crippen LogP contribution in [0.25, 0.3) is 0 Å². The van der Waals surface area contributed by atoms with Gasteiger partial charge in [0.25, 0.3) is 5.91 Å². The molecule has 0 atom stereocenters. The Kier molecular flexibility index (Phi) is 13.8. The minimum Gasteiger partial charge on any atom is -0.480 e. The minimum atomic E-state index is -1.15. The highest BCUT2D eigenvalue weighted by atomic mass is 16.5. The maximum absolute atomic E-state index is 12.5. The van der Waals surface area contributed by atoms with Gasteiger partial charge in [0.1, 0.15) is 12.3 Å². The Balaban J connectivity index is 0.00000466. The van der Waals surface area contributed by atoms with Crippen LogP contribution in [-0.2, 0) is 14.3 Å². The highest BCUT2D eigenvalue weighted by Crippen LogP contribution is 2.21. The van der Waals surface area contributed by atoms with Crippen LogP contribution < -0.4 is 10.2 Å². The molecule has 0 fully saturated rings. The average molecular weight is 451 g/mol. The van der Waals surface area contributed by atoms with E-state index in [1.165, 1.54) is 6.07 Å². The number of ketones is 2. The first kappa shape index (κ1) is 29.3. The highest BCUT2D eigenvalue weighted by molar-refractivity contribution is 6.03. The molecule has 1 rings (SSSR count). The summed E-state index contributed by atoms with van der Waals surface area (Å²) in [6.45, 7) is 12.0. The number of hydrogen-bond acceptors (Lipinski definition) is 6. The zero-order chi connectivity index (χ0) is 24.8. The number of likely N-dealkylation sites (N-methyl/N-ethyl adjacent to an activating group) is 1. The Hall–Kier alpha value is -2.74. The quantitative estimate of drug-likeness (QED) is 0.350. The predicted octanol–water partition coefficient (Wildman–Crippen LogP) is 3.43. The lowest BCUT2D eigenvalue weighted by molar-refractivity contribution is -0.135. The second-order valence-electron chi connectivity index (χ2n) is 7.77. The van der Waals surface area contributed by atoms with Gasteiger partial charge in [-0.3, -0.25) is 19.2 Å². The summed E-state index contributed by atoms with van der Waals surface area (Å²) >= 11 is 0. The third-order valence-electron chi connectivity index (χ3n) is 4.54. The van der Waals surface area contributed by atoms with Crippen molar-refractivity contribution in [2.75, 3.05) is 38.3 Å².